The van der Waals surface area contributed by atoms with Gasteiger partial charge in [-0.2, -0.15) is 0 Å². The summed E-state index contributed by atoms with van der Waals surface area (Å²) in [6.45, 7) is 4.67. The maximum absolute atomic E-state index is 11.6. The number of carbonyl (C=O) groups excluding carboxylic acids is 1. The summed E-state index contributed by atoms with van der Waals surface area (Å²) in [4.78, 5) is 17.3. The van der Waals surface area contributed by atoms with Crippen molar-refractivity contribution in [1.29, 1.82) is 0 Å². The maximum atomic E-state index is 11.6. The Morgan fingerprint density at radius 1 is 1.42 bits per heavy atom. The van der Waals surface area contributed by atoms with Gasteiger partial charge in [0.05, 0.1) is 6.61 Å². The van der Waals surface area contributed by atoms with Gasteiger partial charge in [0.25, 0.3) is 0 Å². The van der Waals surface area contributed by atoms with Gasteiger partial charge in [0.15, 0.2) is 0 Å². The fourth-order valence-electron chi connectivity index (χ4n) is 2.24. The summed E-state index contributed by atoms with van der Waals surface area (Å²) >= 11 is 0. The number of ether oxygens (including phenoxy) is 1. The molecular weight excluding hydrogens is 242 g/mol. The van der Waals surface area contributed by atoms with Crippen LogP contribution in [0.1, 0.15) is 25.3 Å². The predicted octanol–water partition coefficient (Wildman–Crippen LogP) is 1.79. The highest BCUT2D eigenvalue weighted by molar-refractivity contribution is 5.67. The van der Waals surface area contributed by atoms with Gasteiger partial charge in [0.2, 0.25) is 0 Å². The highest BCUT2D eigenvalue weighted by Gasteiger charge is 2.22. The molecule has 0 radical (unpaired) electrons. The second-order valence-electron chi connectivity index (χ2n) is 4.70. The Kier molecular flexibility index (Phi) is 5.15. The number of pyridine rings is 1. The van der Waals surface area contributed by atoms with E-state index in [4.69, 9.17) is 4.74 Å². The molecule has 0 unspecified atom stereocenters. The molecule has 1 aromatic rings. The van der Waals surface area contributed by atoms with Gasteiger partial charge in [-0.1, -0.05) is 0 Å². The normalized spacial score (nSPS) is 16.4. The van der Waals surface area contributed by atoms with Crippen molar-refractivity contribution in [3.05, 3.63) is 30.1 Å². The lowest BCUT2D eigenvalue weighted by Gasteiger charge is -2.31. The first-order valence-corrected chi connectivity index (χ1v) is 6.83. The van der Waals surface area contributed by atoms with E-state index in [1.54, 1.807) is 17.3 Å². The predicted molar refractivity (Wildman–Crippen MR) is 72.7 cm³/mol. The largest absolute Gasteiger partial charge is 0.450 e. The van der Waals surface area contributed by atoms with Crippen molar-refractivity contribution >= 4 is 6.09 Å². The Morgan fingerprint density at radius 2 is 2.11 bits per heavy atom. The molecule has 1 N–H and O–H groups in total. The zero-order valence-corrected chi connectivity index (χ0v) is 11.3. The van der Waals surface area contributed by atoms with Crippen LogP contribution < -0.4 is 5.32 Å². The van der Waals surface area contributed by atoms with E-state index in [9.17, 15) is 4.79 Å². The summed E-state index contributed by atoms with van der Waals surface area (Å²) in [6, 6.07) is 4.50. The summed E-state index contributed by atoms with van der Waals surface area (Å²) < 4.78 is 5.01. The molecule has 1 aliphatic heterocycles. The molecule has 1 saturated heterocycles. The van der Waals surface area contributed by atoms with Gasteiger partial charge < -0.3 is 15.0 Å². The summed E-state index contributed by atoms with van der Waals surface area (Å²) in [6.07, 6.45) is 5.38. The molecular formula is C14H21N3O2. The number of likely N-dealkylation sites (tertiary alicyclic amines) is 1. The van der Waals surface area contributed by atoms with E-state index in [0.29, 0.717) is 12.6 Å². The first-order chi connectivity index (χ1) is 9.29. The fourth-order valence-corrected chi connectivity index (χ4v) is 2.24. The van der Waals surface area contributed by atoms with Crippen LogP contribution in [0.15, 0.2) is 24.5 Å². The number of aromatic nitrogens is 1. The van der Waals surface area contributed by atoms with E-state index in [-0.39, 0.29) is 6.09 Å². The minimum atomic E-state index is -0.185. The minimum Gasteiger partial charge on any atom is -0.450 e. The summed E-state index contributed by atoms with van der Waals surface area (Å²) in [5.41, 5.74) is 1.24. The molecule has 2 heterocycles. The SMILES string of the molecule is CCOC(=O)N1CCC(NCc2ccncc2)CC1. The Balaban J connectivity index is 1.70. The second kappa shape index (κ2) is 7.09. The van der Waals surface area contributed by atoms with Crippen molar-refractivity contribution in [2.24, 2.45) is 0 Å². The number of carbonyl (C=O) groups is 1. The highest BCUT2D eigenvalue weighted by Crippen LogP contribution is 2.12. The lowest BCUT2D eigenvalue weighted by atomic mass is 10.1. The molecule has 1 aromatic heterocycles. The molecule has 0 aromatic carbocycles. The monoisotopic (exact) mass is 263 g/mol. The van der Waals surface area contributed by atoms with Crippen LogP contribution >= 0.6 is 0 Å². The first kappa shape index (κ1) is 13.8. The molecule has 0 spiro atoms. The number of hydrogen-bond acceptors (Lipinski definition) is 4. The van der Waals surface area contributed by atoms with Gasteiger partial charge >= 0.3 is 6.09 Å². The van der Waals surface area contributed by atoms with Crippen molar-refractivity contribution in [2.45, 2.75) is 32.4 Å². The molecule has 0 atom stereocenters. The number of nitrogens with one attached hydrogen (secondary N) is 1. The number of amides is 1. The van der Waals surface area contributed by atoms with Crippen LogP contribution in [0.2, 0.25) is 0 Å². The van der Waals surface area contributed by atoms with Crippen molar-refractivity contribution < 1.29 is 9.53 Å². The summed E-state index contributed by atoms with van der Waals surface area (Å²) in [5, 5.41) is 3.52. The van der Waals surface area contributed by atoms with Gasteiger partial charge in [-0.15, -0.1) is 0 Å². The Bertz CT molecular complexity index is 389. The average Bonchev–Trinajstić information content (AvgIpc) is 2.47. The van der Waals surface area contributed by atoms with Gasteiger partial charge in [0, 0.05) is 38.1 Å². The molecule has 5 heteroatoms. The Labute approximate surface area is 114 Å². The zero-order chi connectivity index (χ0) is 13.5. The van der Waals surface area contributed by atoms with Crippen LogP contribution in [0.3, 0.4) is 0 Å². The lowest BCUT2D eigenvalue weighted by molar-refractivity contribution is 0.0950. The Morgan fingerprint density at radius 3 is 2.74 bits per heavy atom. The van der Waals surface area contributed by atoms with E-state index in [2.05, 4.69) is 10.3 Å². The van der Waals surface area contributed by atoms with Crippen molar-refractivity contribution in [1.82, 2.24) is 15.2 Å². The molecule has 104 valence electrons. The zero-order valence-electron chi connectivity index (χ0n) is 11.3. The number of hydrogen-bond donors (Lipinski definition) is 1. The van der Waals surface area contributed by atoms with Crippen molar-refractivity contribution in [3.8, 4) is 0 Å². The van der Waals surface area contributed by atoms with Gasteiger partial charge in [-0.05, 0) is 37.5 Å². The molecule has 5 nitrogen and oxygen atoms in total. The third-order valence-electron chi connectivity index (χ3n) is 3.37. The smallest absolute Gasteiger partial charge is 0.409 e. The number of piperidine rings is 1. The first-order valence-electron chi connectivity index (χ1n) is 6.83. The molecule has 1 amide bonds. The molecule has 1 fully saturated rings. The molecule has 0 saturated carbocycles. The molecule has 0 bridgehead atoms. The van der Waals surface area contributed by atoms with E-state index >= 15 is 0 Å². The standard InChI is InChI=1S/C14H21N3O2/c1-2-19-14(18)17-9-5-13(6-10-17)16-11-12-3-7-15-8-4-12/h3-4,7-8,13,16H,2,5-6,9-11H2,1H3. The van der Waals surface area contributed by atoms with E-state index < -0.39 is 0 Å². The van der Waals surface area contributed by atoms with Crippen LogP contribution in [-0.4, -0.2) is 41.7 Å². The number of rotatable bonds is 4. The minimum absolute atomic E-state index is 0.185. The van der Waals surface area contributed by atoms with E-state index in [1.807, 2.05) is 19.1 Å². The van der Waals surface area contributed by atoms with Crippen LogP contribution in [-0.2, 0) is 11.3 Å². The Hall–Kier alpha value is -1.62. The number of nitrogens with zero attached hydrogens (tertiary/aromatic N) is 2. The topological polar surface area (TPSA) is 54.5 Å². The van der Waals surface area contributed by atoms with E-state index in [1.165, 1.54) is 5.56 Å². The molecule has 1 aliphatic rings. The quantitative estimate of drug-likeness (QED) is 0.900. The molecule has 0 aliphatic carbocycles. The van der Waals surface area contributed by atoms with Crippen LogP contribution in [0.25, 0.3) is 0 Å². The fraction of sp³-hybridized carbons (Fsp3) is 0.571. The van der Waals surface area contributed by atoms with Gasteiger partial charge in [-0.25, -0.2) is 4.79 Å². The third-order valence-corrected chi connectivity index (χ3v) is 3.37. The highest BCUT2D eigenvalue weighted by atomic mass is 16.6. The van der Waals surface area contributed by atoms with Crippen LogP contribution in [0.4, 0.5) is 4.79 Å². The summed E-state index contributed by atoms with van der Waals surface area (Å²) in [7, 11) is 0. The van der Waals surface area contributed by atoms with Gasteiger partial charge in [0.1, 0.15) is 0 Å². The summed E-state index contributed by atoms with van der Waals surface area (Å²) in [5.74, 6) is 0. The average molecular weight is 263 g/mol. The second-order valence-corrected chi connectivity index (χ2v) is 4.70. The van der Waals surface area contributed by atoms with Crippen LogP contribution in [0, 0.1) is 0 Å². The lowest BCUT2D eigenvalue weighted by Crippen LogP contribution is -2.44. The molecule has 19 heavy (non-hydrogen) atoms. The van der Waals surface area contributed by atoms with Crippen LogP contribution in [0.5, 0.6) is 0 Å². The van der Waals surface area contributed by atoms with Gasteiger partial charge in [-0.3, -0.25) is 4.98 Å². The maximum Gasteiger partial charge on any atom is 0.409 e. The van der Waals surface area contributed by atoms with Crippen molar-refractivity contribution in [3.63, 3.8) is 0 Å². The third kappa shape index (κ3) is 4.21. The van der Waals surface area contributed by atoms with Crippen molar-refractivity contribution in [2.75, 3.05) is 19.7 Å². The van der Waals surface area contributed by atoms with E-state index in [0.717, 1.165) is 32.5 Å². The molecule has 2 rings (SSSR count).